The Balaban J connectivity index is 0.000000617. The number of rotatable bonds is 21. The summed E-state index contributed by atoms with van der Waals surface area (Å²) >= 11 is 0. The number of carboxylic acids is 1. The van der Waals surface area contributed by atoms with Crippen molar-refractivity contribution in [1.29, 1.82) is 0 Å². The van der Waals surface area contributed by atoms with Gasteiger partial charge in [0.1, 0.15) is 18.1 Å². The van der Waals surface area contributed by atoms with E-state index in [1.807, 2.05) is 72.8 Å². The molecule has 0 aliphatic rings. The van der Waals surface area contributed by atoms with Gasteiger partial charge in [-0.25, -0.2) is 9.97 Å². The van der Waals surface area contributed by atoms with E-state index in [1.54, 1.807) is 19.4 Å². The maximum absolute atomic E-state index is 13.0. The number of aliphatic carboxylic acids is 1. The zero-order valence-electron chi connectivity index (χ0n) is 34.2. The highest BCUT2D eigenvalue weighted by atomic mass is 16.5. The third-order valence-corrected chi connectivity index (χ3v) is 9.20. The quantitative estimate of drug-likeness (QED) is 0.0521. The Morgan fingerprint density at radius 2 is 1.42 bits per heavy atom. The zero-order valence-corrected chi connectivity index (χ0v) is 34.2. The molecule has 306 valence electrons. The number of nitrogens with one attached hydrogen (secondary N) is 3. The molecular weight excluding hydrogens is 723 g/mol. The number of aromatic nitrogens is 2. The first-order chi connectivity index (χ1) is 27.4. The monoisotopic (exact) mass is 781 g/mol. The number of unbranched alkanes of at least 4 members (excludes halogenated alkanes) is 4. The lowest BCUT2D eigenvalue weighted by Gasteiger charge is -2.21. The van der Waals surface area contributed by atoms with Crippen LogP contribution in [0, 0.1) is 0 Å². The van der Waals surface area contributed by atoms with Gasteiger partial charge in [0, 0.05) is 42.7 Å². The third-order valence-electron chi connectivity index (χ3n) is 9.20. The summed E-state index contributed by atoms with van der Waals surface area (Å²) in [5.41, 5.74) is 5.76. The maximum Gasteiger partial charge on any atom is 0.305 e. The molecule has 3 aromatic carbocycles. The summed E-state index contributed by atoms with van der Waals surface area (Å²) in [6.45, 7) is 9.88. The van der Waals surface area contributed by atoms with E-state index in [0.717, 1.165) is 52.9 Å². The van der Waals surface area contributed by atoms with Gasteiger partial charge in [0.25, 0.3) is 0 Å². The van der Waals surface area contributed by atoms with Crippen LogP contribution >= 0.6 is 0 Å². The molecule has 1 heterocycles. The number of hydrogen-bond acceptors (Lipinski definition) is 9. The number of nitrogens with zero attached hydrogens (tertiary/aromatic N) is 2. The second kappa shape index (κ2) is 24.2. The first-order valence-electron chi connectivity index (χ1n) is 19.5. The number of carbonyl (C=O) groups is 4. The van der Waals surface area contributed by atoms with E-state index < -0.39 is 36.3 Å². The fraction of sp³-hybridized carbons (Fsp3) is 0.422. The fourth-order valence-electron chi connectivity index (χ4n) is 5.73. The van der Waals surface area contributed by atoms with Crippen LogP contribution in [-0.2, 0) is 31.0 Å². The molecule has 2 unspecified atom stereocenters. The van der Waals surface area contributed by atoms with Crippen LogP contribution in [-0.4, -0.2) is 85.1 Å². The molecule has 0 aliphatic heterocycles. The molecular formula is C45H59N5O7. The number of amides is 2. The second-order valence-corrected chi connectivity index (χ2v) is 14.8. The molecule has 0 spiro atoms. The van der Waals surface area contributed by atoms with E-state index in [0.29, 0.717) is 12.2 Å². The molecule has 2 amide bonds. The summed E-state index contributed by atoms with van der Waals surface area (Å²) in [7, 11) is 3.12. The number of aldehydes is 1. The van der Waals surface area contributed by atoms with Gasteiger partial charge in [-0.1, -0.05) is 114 Å². The highest BCUT2D eigenvalue weighted by molar-refractivity contribution is 5.92. The summed E-state index contributed by atoms with van der Waals surface area (Å²) in [5.74, 6) is -0.820. The van der Waals surface area contributed by atoms with Crippen molar-refractivity contribution in [3.8, 4) is 28.3 Å². The fourth-order valence-corrected chi connectivity index (χ4v) is 5.73. The summed E-state index contributed by atoms with van der Waals surface area (Å²) in [4.78, 5) is 56.1. The van der Waals surface area contributed by atoms with Crippen LogP contribution in [0.5, 0.6) is 5.75 Å². The molecule has 57 heavy (non-hydrogen) atoms. The molecule has 0 saturated heterocycles. The number of hydrogen-bond donors (Lipinski definition) is 4. The van der Waals surface area contributed by atoms with E-state index in [9.17, 15) is 24.3 Å². The summed E-state index contributed by atoms with van der Waals surface area (Å²) in [6, 6.07) is 21.3. The Bertz CT molecular complexity index is 1810. The Morgan fingerprint density at radius 1 is 0.789 bits per heavy atom. The van der Waals surface area contributed by atoms with Crippen molar-refractivity contribution in [2.24, 2.45) is 0 Å². The minimum absolute atomic E-state index is 0.168. The predicted octanol–water partition coefficient (Wildman–Crippen LogP) is 6.81. The van der Waals surface area contributed by atoms with Crippen molar-refractivity contribution >= 4 is 24.1 Å². The van der Waals surface area contributed by atoms with Crippen LogP contribution in [0.4, 0.5) is 0 Å². The number of ether oxygens (including phenoxy) is 2. The first kappa shape index (κ1) is 45.9. The van der Waals surface area contributed by atoms with Crippen LogP contribution in [0.1, 0.15) is 87.7 Å². The van der Waals surface area contributed by atoms with Crippen molar-refractivity contribution in [2.45, 2.75) is 90.1 Å². The largest absolute Gasteiger partial charge is 0.494 e. The Kier molecular flexibility index (Phi) is 19.5. The Labute approximate surface area is 337 Å². The number of benzene rings is 3. The van der Waals surface area contributed by atoms with Gasteiger partial charge in [0.15, 0.2) is 5.82 Å². The SMILES string of the molecule is CC(C)(C)c1ccc(C=O)cc1.CCCCCCCOc1ccc(-c2cnc(-c3ccc(CC(NC)C(=O)NC(CC(=O)O)C(=O)NCCOC)cc3)nc2)cc1. The maximum atomic E-state index is 13.0. The lowest BCUT2D eigenvalue weighted by molar-refractivity contribution is -0.140. The average Bonchev–Trinajstić information content (AvgIpc) is 3.21. The molecule has 4 aromatic rings. The smallest absolute Gasteiger partial charge is 0.305 e. The molecule has 4 rings (SSSR count). The molecule has 0 aliphatic carbocycles. The van der Waals surface area contributed by atoms with Crippen molar-refractivity contribution in [1.82, 2.24) is 25.9 Å². The van der Waals surface area contributed by atoms with Gasteiger partial charge < -0.3 is 30.5 Å². The number of likely N-dealkylation sites (N-methyl/N-ethyl adjacent to an activating group) is 1. The van der Waals surface area contributed by atoms with Crippen molar-refractivity contribution in [2.75, 3.05) is 33.9 Å². The molecule has 2 atom stereocenters. The lowest BCUT2D eigenvalue weighted by atomic mass is 9.87. The number of carbonyl (C=O) groups excluding carboxylic acids is 3. The van der Waals surface area contributed by atoms with Gasteiger partial charge in [-0.15, -0.1) is 0 Å². The molecule has 12 heteroatoms. The topological polar surface area (TPSA) is 169 Å². The molecule has 0 bridgehead atoms. The molecule has 0 saturated carbocycles. The second-order valence-electron chi connectivity index (χ2n) is 14.8. The highest BCUT2D eigenvalue weighted by Gasteiger charge is 2.27. The van der Waals surface area contributed by atoms with Gasteiger partial charge in [0.05, 0.1) is 25.7 Å². The zero-order chi connectivity index (χ0) is 41.6. The van der Waals surface area contributed by atoms with Gasteiger partial charge in [-0.3, -0.25) is 19.2 Å². The van der Waals surface area contributed by atoms with Crippen LogP contribution in [0.2, 0.25) is 0 Å². The van der Waals surface area contributed by atoms with Crippen molar-refractivity contribution < 1.29 is 33.8 Å². The van der Waals surface area contributed by atoms with Gasteiger partial charge >= 0.3 is 5.97 Å². The van der Waals surface area contributed by atoms with Crippen LogP contribution in [0.15, 0.2) is 85.2 Å². The van der Waals surface area contributed by atoms with Gasteiger partial charge in [-0.05, 0) is 54.1 Å². The average molecular weight is 782 g/mol. The molecule has 12 nitrogen and oxygen atoms in total. The number of methoxy groups -OCH3 is 1. The minimum Gasteiger partial charge on any atom is -0.494 e. The van der Waals surface area contributed by atoms with Crippen LogP contribution in [0.3, 0.4) is 0 Å². The van der Waals surface area contributed by atoms with E-state index in [4.69, 9.17) is 9.47 Å². The normalized spacial score (nSPS) is 12.0. The highest BCUT2D eigenvalue weighted by Crippen LogP contribution is 2.24. The summed E-state index contributed by atoms with van der Waals surface area (Å²) in [6.07, 6.45) is 10.3. The van der Waals surface area contributed by atoms with Crippen molar-refractivity contribution in [3.05, 3.63) is 102 Å². The Hall–Kier alpha value is -5.46. The van der Waals surface area contributed by atoms with Gasteiger partial charge in [-0.2, -0.15) is 0 Å². The summed E-state index contributed by atoms with van der Waals surface area (Å²) in [5, 5.41) is 17.3. The van der Waals surface area contributed by atoms with Crippen LogP contribution < -0.4 is 20.7 Å². The standard InChI is InChI=1S/C34H45N5O6.C11H14O/c1-4-5-6-7-8-18-45-28-15-13-25(14-16-28)27-22-37-32(38-23-27)26-11-9-24(10-12-26)20-29(35-2)34(43)39-30(21-31(40)41)33(42)36-17-19-44-3;1-11(2,3)10-6-4-9(8-12)5-7-10/h9-16,22-23,29-30,35H,4-8,17-21H2,1-3H3,(H,36,42)(H,39,43)(H,40,41);4-8H,1-3H3. The summed E-state index contributed by atoms with van der Waals surface area (Å²) < 4.78 is 10.8. The molecule has 1 aromatic heterocycles. The molecule has 4 N–H and O–H groups in total. The van der Waals surface area contributed by atoms with E-state index in [2.05, 4.69) is 53.6 Å². The molecule has 0 fully saturated rings. The predicted molar refractivity (Wildman–Crippen MR) is 223 cm³/mol. The molecule has 0 radical (unpaired) electrons. The Morgan fingerprint density at radius 3 is 1.98 bits per heavy atom. The van der Waals surface area contributed by atoms with Gasteiger partial charge in [0.2, 0.25) is 11.8 Å². The van der Waals surface area contributed by atoms with Crippen LogP contribution in [0.25, 0.3) is 22.5 Å². The van der Waals surface area contributed by atoms with E-state index in [1.165, 1.54) is 38.4 Å². The first-order valence-corrected chi connectivity index (χ1v) is 19.5. The van der Waals surface area contributed by atoms with Crippen molar-refractivity contribution in [3.63, 3.8) is 0 Å². The third kappa shape index (κ3) is 16.3. The van der Waals surface area contributed by atoms with E-state index in [-0.39, 0.29) is 18.6 Å². The number of carboxylic acid groups (broad SMARTS) is 1. The minimum atomic E-state index is -1.21. The lowest BCUT2D eigenvalue weighted by Crippen LogP contribution is -2.53. The van der Waals surface area contributed by atoms with E-state index >= 15 is 0 Å².